The van der Waals surface area contributed by atoms with E-state index in [0.29, 0.717) is 5.92 Å². The number of carbonyl (C=O) groups excluding carboxylic acids is 1. The van der Waals surface area contributed by atoms with Crippen LogP contribution in [0, 0.1) is 11.8 Å². The Kier molecular flexibility index (Phi) is 4.37. The Morgan fingerprint density at radius 3 is 3.00 bits per heavy atom. The first kappa shape index (κ1) is 13.8. The van der Waals surface area contributed by atoms with Crippen LogP contribution in [0.2, 0.25) is 0 Å². The van der Waals surface area contributed by atoms with Crippen molar-refractivity contribution in [2.24, 2.45) is 11.8 Å². The molecule has 0 spiro atoms. The van der Waals surface area contributed by atoms with Crippen molar-refractivity contribution < 1.29 is 9.53 Å². The molecule has 0 saturated carbocycles. The molecule has 0 aliphatic carbocycles. The van der Waals surface area contributed by atoms with Gasteiger partial charge in [-0.1, -0.05) is 13.0 Å². The highest BCUT2D eigenvalue weighted by molar-refractivity contribution is 5.73. The summed E-state index contributed by atoms with van der Waals surface area (Å²) in [4.78, 5) is 18.4. The second-order valence-corrected chi connectivity index (χ2v) is 5.07. The lowest BCUT2D eigenvalue weighted by molar-refractivity contribution is -0.146. The third-order valence-electron chi connectivity index (χ3n) is 3.64. The summed E-state index contributed by atoms with van der Waals surface area (Å²) in [6, 6.07) is 5.94. The second kappa shape index (κ2) is 6.02. The zero-order valence-electron chi connectivity index (χ0n) is 11.7. The summed E-state index contributed by atoms with van der Waals surface area (Å²) in [5.41, 5.74) is 1.02. The molecule has 2 unspecified atom stereocenters. The minimum Gasteiger partial charge on any atom is -0.469 e. The van der Waals surface area contributed by atoms with Crippen molar-refractivity contribution in [3.63, 3.8) is 0 Å². The van der Waals surface area contributed by atoms with Crippen molar-refractivity contribution in [2.45, 2.75) is 13.5 Å². The minimum atomic E-state index is -0.105. The van der Waals surface area contributed by atoms with E-state index in [1.807, 2.05) is 25.2 Å². The van der Waals surface area contributed by atoms with Crippen molar-refractivity contribution in [1.82, 2.24) is 9.88 Å². The molecule has 2 heterocycles. The van der Waals surface area contributed by atoms with Crippen LogP contribution in [0.15, 0.2) is 18.2 Å². The van der Waals surface area contributed by atoms with Gasteiger partial charge in [0.1, 0.15) is 5.82 Å². The Hall–Kier alpha value is -1.62. The van der Waals surface area contributed by atoms with E-state index in [-0.39, 0.29) is 11.9 Å². The van der Waals surface area contributed by atoms with Gasteiger partial charge in [0.25, 0.3) is 0 Å². The van der Waals surface area contributed by atoms with Gasteiger partial charge in [0.05, 0.1) is 18.7 Å². The number of methoxy groups -OCH3 is 1. The lowest BCUT2D eigenvalue weighted by Crippen LogP contribution is -2.24. The zero-order chi connectivity index (χ0) is 13.8. The second-order valence-electron chi connectivity index (χ2n) is 5.07. The molecule has 5 nitrogen and oxygen atoms in total. The van der Waals surface area contributed by atoms with E-state index in [9.17, 15) is 4.79 Å². The Labute approximate surface area is 114 Å². The quantitative estimate of drug-likeness (QED) is 0.831. The smallest absolute Gasteiger partial charge is 0.310 e. The molecule has 1 fully saturated rings. The predicted octanol–water partition coefficient (Wildman–Crippen LogP) is 1.36. The summed E-state index contributed by atoms with van der Waals surface area (Å²) in [5.74, 6) is 1.08. The summed E-state index contributed by atoms with van der Waals surface area (Å²) in [7, 11) is 3.31. The number of ether oxygens (including phenoxy) is 1. The molecule has 2 atom stereocenters. The lowest BCUT2D eigenvalue weighted by Gasteiger charge is -2.15. The molecule has 0 bridgehead atoms. The van der Waals surface area contributed by atoms with E-state index in [1.165, 1.54) is 7.11 Å². The fourth-order valence-electron chi connectivity index (χ4n) is 2.59. The molecular formula is C14H21N3O2. The van der Waals surface area contributed by atoms with Crippen LogP contribution in [-0.4, -0.2) is 43.1 Å². The van der Waals surface area contributed by atoms with Gasteiger partial charge in [0, 0.05) is 26.7 Å². The molecule has 1 N–H and O–H groups in total. The number of nitrogens with zero attached hydrogens (tertiary/aromatic N) is 2. The Morgan fingerprint density at radius 2 is 2.32 bits per heavy atom. The first-order chi connectivity index (χ1) is 9.13. The summed E-state index contributed by atoms with van der Waals surface area (Å²) in [6.45, 7) is 4.52. The minimum absolute atomic E-state index is 0.0162. The predicted molar refractivity (Wildman–Crippen MR) is 73.7 cm³/mol. The van der Waals surface area contributed by atoms with Gasteiger partial charge in [-0.25, -0.2) is 4.98 Å². The number of pyridine rings is 1. The molecule has 19 heavy (non-hydrogen) atoms. The van der Waals surface area contributed by atoms with Crippen LogP contribution in [0.25, 0.3) is 0 Å². The van der Waals surface area contributed by atoms with Crippen molar-refractivity contribution in [3.8, 4) is 0 Å². The van der Waals surface area contributed by atoms with Crippen LogP contribution in [0.1, 0.15) is 12.6 Å². The van der Waals surface area contributed by atoms with Crippen LogP contribution >= 0.6 is 0 Å². The van der Waals surface area contributed by atoms with Crippen LogP contribution in [0.4, 0.5) is 5.82 Å². The average molecular weight is 263 g/mol. The standard InChI is InChI=1S/C14H21N3O2/c1-10-7-17(9-12(10)14(18)19-3)8-11-5-4-6-13(15-2)16-11/h4-6,10,12H,7-9H2,1-3H3,(H,15,16). The molecule has 2 rings (SSSR count). The van der Waals surface area contributed by atoms with E-state index in [4.69, 9.17) is 4.74 Å². The third kappa shape index (κ3) is 3.23. The summed E-state index contributed by atoms with van der Waals surface area (Å²) in [6.07, 6.45) is 0. The number of hydrogen-bond acceptors (Lipinski definition) is 5. The lowest BCUT2D eigenvalue weighted by atomic mass is 9.99. The number of carbonyl (C=O) groups is 1. The van der Waals surface area contributed by atoms with Gasteiger partial charge >= 0.3 is 5.97 Å². The molecule has 1 aromatic rings. The molecule has 104 valence electrons. The van der Waals surface area contributed by atoms with Crippen LogP contribution in [-0.2, 0) is 16.1 Å². The number of hydrogen-bond donors (Lipinski definition) is 1. The fourth-order valence-corrected chi connectivity index (χ4v) is 2.59. The first-order valence-corrected chi connectivity index (χ1v) is 6.58. The SMILES string of the molecule is CNc1cccc(CN2CC(C)C(C(=O)OC)C2)n1. The van der Waals surface area contributed by atoms with Gasteiger partial charge in [-0.05, 0) is 18.1 Å². The Balaban J connectivity index is 1.99. The van der Waals surface area contributed by atoms with Crippen molar-refractivity contribution in [1.29, 1.82) is 0 Å². The highest BCUT2D eigenvalue weighted by Gasteiger charge is 2.35. The number of aromatic nitrogens is 1. The largest absolute Gasteiger partial charge is 0.469 e. The third-order valence-corrected chi connectivity index (χ3v) is 3.64. The molecular weight excluding hydrogens is 242 g/mol. The fraction of sp³-hybridized carbons (Fsp3) is 0.571. The van der Waals surface area contributed by atoms with E-state index in [1.54, 1.807) is 0 Å². The van der Waals surface area contributed by atoms with Gasteiger partial charge in [0.15, 0.2) is 0 Å². The van der Waals surface area contributed by atoms with Gasteiger partial charge < -0.3 is 10.1 Å². The van der Waals surface area contributed by atoms with Gasteiger partial charge in [-0.2, -0.15) is 0 Å². The maximum Gasteiger partial charge on any atom is 0.310 e. The highest BCUT2D eigenvalue weighted by Crippen LogP contribution is 2.25. The highest BCUT2D eigenvalue weighted by atomic mass is 16.5. The molecule has 1 aliphatic heterocycles. The van der Waals surface area contributed by atoms with E-state index >= 15 is 0 Å². The van der Waals surface area contributed by atoms with Crippen LogP contribution in [0.3, 0.4) is 0 Å². The van der Waals surface area contributed by atoms with Crippen molar-refractivity contribution >= 4 is 11.8 Å². The monoisotopic (exact) mass is 263 g/mol. The molecule has 0 amide bonds. The molecule has 1 saturated heterocycles. The number of likely N-dealkylation sites (tertiary alicyclic amines) is 1. The van der Waals surface area contributed by atoms with E-state index in [2.05, 4.69) is 22.1 Å². The normalized spacial score (nSPS) is 23.3. The molecule has 5 heteroatoms. The topological polar surface area (TPSA) is 54.5 Å². The number of esters is 1. The number of rotatable bonds is 4. The number of nitrogens with one attached hydrogen (secondary N) is 1. The summed E-state index contributed by atoms with van der Waals surface area (Å²) >= 11 is 0. The number of anilines is 1. The van der Waals surface area contributed by atoms with E-state index in [0.717, 1.165) is 31.1 Å². The first-order valence-electron chi connectivity index (χ1n) is 6.58. The van der Waals surface area contributed by atoms with Gasteiger partial charge in [0.2, 0.25) is 0 Å². The Bertz CT molecular complexity index is 450. The maximum atomic E-state index is 11.6. The average Bonchev–Trinajstić information content (AvgIpc) is 2.79. The summed E-state index contributed by atoms with van der Waals surface area (Å²) in [5, 5.41) is 3.03. The van der Waals surface area contributed by atoms with Gasteiger partial charge in [-0.15, -0.1) is 0 Å². The van der Waals surface area contributed by atoms with Crippen molar-refractivity contribution in [3.05, 3.63) is 23.9 Å². The van der Waals surface area contributed by atoms with Gasteiger partial charge in [-0.3, -0.25) is 9.69 Å². The maximum absolute atomic E-state index is 11.6. The Morgan fingerprint density at radius 1 is 1.53 bits per heavy atom. The molecule has 1 aliphatic rings. The molecule has 0 radical (unpaired) electrons. The van der Waals surface area contributed by atoms with E-state index < -0.39 is 0 Å². The van der Waals surface area contributed by atoms with Crippen LogP contribution < -0.4 is 5.32 Å². The van der Waals surface area contributed by atoms with Crippen molar-refractivity contribution in [2.75, 3.05) is 32.6 Å². The van der Waals surface area contributed by atoms with Crippen LogP contribution in [0.5, 0.6) is 0 Å². The molecule has 1 aromatic heterocycles. The summed E-state index contributed by atoms with van der Waals surface area (Å²) < 4.78 is 4.85. The molecule has 0 aromatic carbocycles. The zero-order valence-corrected chi connectivity index (χ0v) is 11.7.